The number of rotatable bonds is 3. The molecule has 17 heavy (non-hydrogen) atoms. The Bertz CT molecular complexity index is 502. The van der Waals surface area contributed by atoms with Crippen molar-refractivity contribution in [3.05, 3.63) is 65.5 Å². The van der Waals surface area contributed by atoms with Crippen LogP contribution in [0, 0.1) is 11.6 Å². The molecule has 0 saturated heterocycles. The molecule has 2 rings (SSSR count). The lowest BCUT2D eigenvalue weighted by atomic mass is 10.0. The van der Waals surface area contributed by atoms with Crippen LogP contribution in [0.4, 0.5) is 8.78 Å². The monoisotopic (exact) mass is 235 g/mol. The maximum atomic E-state index is 13.4. The summed E-state index contributed by atoms with van der Waals surface area (Å²) in [6.07, 6.45) is 2.25. The zero-order valence-corrected chi connectivity index (χ0v) is 8.98. The van der Waals surface area contributed by atoms with Gasteiger partial charge in [0.15, 0.2) is 0 Å². The van der Waals surface area contributed by atoms with E-state index in [1.54, 1.807) is 24.5 Å². The minimum Gasteiger partial charge on any atom is -0.388 e. The normalized spacial score (nSPS) is 12.4. The molecule has 0 bridgehead atoms. The standard InChI is InChI=1S/C13H11F2NO/c14-11-1-2-12(15)10(7-11)8-13(17)9-3-5-16-6-4-9/h1-7,13,17H,8H2. The van der Waals surface area contributed by atoms with Crippen molar-refractivity contribution >= 4 is 0 Å². The summed E-state index contributed by atoms with van der Waals surface area (Å²) in [6, 6.07) is 6.49. The van der Waals surface area contributed by atoms with E-state index in [-0.39, 0.29) is 12.0 Å². The summed E-state index contributed by atoms with van der Waals surface area (Å²) in [5.41, 5.74) is 0.790. The molecule has 0 amide bonds. The molecular weight excluding hydrogens is 224 g/mol. The van der Waals surface area contributed by atoms with Crippen molar-refractivity contribution in [2.24, 2.45) is 0 Å². The number of aliphatic hydroxyl groups excluding tert-OH is 1. The second-order valence-corrected chi connectivity index (χ2v) is 3.74. The first kappa shape index (κ1) is 11.7. The van der Waals surface area contributed by atoms with Crippen molar-refractivity contribution in [1.29, 1.82) is 0 Å². The SMILES string of the molecule is OC(Cc1cc(F)ccc1F)c1ccncc1. The number of nitrogens with zero attached hydrogens (tertiary/aromatic N) is 1. The smallest absolute Gasteiger partial charge is 0.126 e. The van der Waals surface area contributed by atoms with Crippen LogP contribution < -0.4 is 0 Å². The molecular formula is C13H11F2NO. The number of benzene rings is 1. The van der Waals surface area contributed by atoms with Gasteiger partial charge in [0.25, 0.3) is 0 Å². The number of halogens is 2. The van der Waals surface area contributed by atoms with Crippen molar-refractivity contribution in [1.82, 2.24) is 4.98 Å². The third kappa shape index (κ3) is 2.85. The zero-order valence-electron chi connectivity index (χ0n) is 8.98. The third-order valence-electron chi connectivity index (χ3n) is 2.51. The Morgan fingerprint density at radius 3 is 2.53 bits per heavy atom. The van der Waals surface area contributed by atoms with Crippen LogP contribution in [0.15, 0.2) is 42.7 Å². The Kier molecular flexibility index (Phi) is 3.44. The van der Waals surface area contributed by atoms with E-state index < -0.39 is 17.7 Å². The highest BCUT2D eigenvalue weighted by Crippen LogP contribution is 2.20. The second-order valence-electron chi connectivity index (χ2n) is 3.74. The van der Waals surface area contributed by atoms with Gasteiger partial charge in [-0.2, -0.15) is 0 Å². The maximum absolute atomic E-state index is 13.4. The van der Waals surface area contributed by atoms with Gasteiger partial charge in [0, 0.05) is 18.8 Å². The predicted molar refractivity (Wildman–Crippen MR) is 59.3 cm³/mol. The van der Waals surface area contributed by atoms with Gasteiger partial charge in [0.1, 0.15) is 11.6 Å². The summed E-state index contributed by atoms with van der Waals surface area (Å²) in [5.74, 6) is -1.03. The van der Waals surface area contributed by atoms with Crippen LogP contribution in [0.1, 0.15) is 17.2 Å². The number of pyridine rings is 1. The highest BCUT2D eigenvalue weighted by molar-refractivity contribution is 5.22. The van der Waals surface area contributed by atoms with E-state index in [0.29, 0.717) is 5.56 Å². The van der Waals surface area contributed by atoms with Gasteiger partial charge in [-0.1, -0.05) is 0 Å². The van der Waals surface area contributed by atoms with Gasteiger partial charge in [-0.05, 0) is 41.5 Å². The quantitative estimate of drug-likeness (QED) is 0.887. The average molecular weight is 235 g/mol. The van der Waals surface area contributed by atoms with Gasteiger partial charge >= 0.3 is 0 Å². The molecule has 1 aromatic heterocycles. The number of aromatic nitrogens is 1. The molecule has 0 aliphatic carbocycles. The summed E-state index contributed by atoms with van der Waals surface area (Å²) in [5, 5.41) is 9.87. The second kappa shape index (κ2) is 5.01. The number of aliphatic hydroxyl groups is 1. The molecule has 1 atom stereocenters. The van der Waals surface area contributed by atoms with E-state index in [1.807, 2.05) is 0 Å². The summed E-state index contributed by atoms with van der Waals surface area (Å²) in [6.45, 7) is 0. The van der Waals surface area contributed by atoms with E-state index >= 15 is 0 Å². The molecule has 1 heterocycles. The van der Waals surface area contributed by atoms with Crippen molar-refractivity contribution < 1.29 is 13.9 Å². The Morgan fingerprint density at radius 1 is 1.12 bits per heavy atom. The molecule has 2 nitrogen and oxygen atoms in total. The van der Waals surface area contributed by atoms with Crippen LogP contribution in [-0.4, -0.2) is 10.1 Å². The fraction of sp³-hybridized carbons (Fsp3) is 0.154. The summed E-state index contributed by atoms with van der Waals surface area (Å²) in [7, 11) is 0. The summed E-state index contributed by atoms with van der Waals surface area (Å²) in [4.78, 5) is 3.82. The van der Waals surface area contributed by atoms with Gasteiger partial charge in [0.2, 0.25) is 0 Å². The highest BCUT2D eigenvalue weighted by atomic mass is 19.1. The van der Waals surface area contributed by atoms with Crippen LogP contribution >= 0.6 is 0 Å². The highest BCUT2D eigenvalue weighted by Gasteiger charge is 2.12. The van der Waals surface area contributed by atoms with Crippen LogP contribution in [-0.2, 0) is 6.42 Å². The van der Waals surface area contributed by atoms with Crippen LogP contribution in [0.3, 0.4) is 0 Å². The van der Waals surface area contributed by atoms with Crippen molar-refractivity contribution in [2.45, 2.75) is 12.5 Å². The van der Waals surface area contributed by atoms with Crippen molar-refractivity contribution in [3.63, 3.8) is 0 Å². The minimum absolute atomic E-state index is 0.0353. The van der Waals surface area contributed by atoms with E-state index in [4.69, 9.17) is 0 Å². The van der Waals surface area contributed by atoms with Crippen LogP contribution in [0.5, 0.6) is 0 Å². The molecule has 4 heteroatoms. The first-order valence-corrected chi connectivity index (χ1v) is 5.19. The third-order valence-corrected chi connectivity index (χ3v) is 2.51. The first-order valence-electron chi connectivity index (χ1n) is 5.19. The molecule has 88 valence electrons. The molecule has 0 fully saturated rings. The predicted octanol–water partition coefficient (Wildman–Crippen LogP) is 2.64. The molecule has 1 aromatic carbocycles. The Labute approximate surface area is 97.6 Å². The van der Waals surface area contributed by atoms with Gasteiger partial charge in [-0.15, -0.1) is 0 Å². The lowest BCUT2D eigenvalue weighted by Gasteiger charge is -2.11. The molecule has 1 unspecified atom stereocenters. The number of hydrogen-bond acceptors (Lipinski definition) is 2. The van der Waals surface area contributed by atoms with E-state index in [2.05, 4.69) is 4.98 Å². The Morgan fingerprint density at radius 2 is 1.82 bits per heavy atom. The van der Waals surface area contributed by atoms with Gasteiger partial charge < -0.3 is 5.11 Å². The van der Waals surface area contributed by atoms with E-state index in [0.717, 1.165) is 18.2 Å². The maximum Gasteiger partial charge on any atom is 0.126 e. The molecule has 0 spiro atoms. The Balaban J connectivity index is 2.18. The molecule has 1 N–H and O–H groups in total. The van der Waals surface area contributed by atoms with E-state index in [9.17, 15) is 13.9 Å². The fourth-order valence-electron chi connectivity index (χ4n) is 1.61. The first-order chi connectivity index (χ1) is 8.16. The van der Waals surface area contributed by atoms with Crippen LogP contribution in [0.2, 0.25) is 0 Å². The van der Waals surface area contributed by atoms with Gasteiger partial charge in [-0.25, -0.2) is 8.78 Å². The molecule has 0 saturated carbocycles. The van der Waals surface area contributed by atoms with Gasteiger partial charge in [-0.3, -0.25) is 4.98 Å². The molecule has 2 aromatic rings. The summed E-state index contributed by atoms with van der Waals surface area (Å²) >= 11 is 0. The average Bonchev–Trinajstić information content (AvgIpc) is 2.35. The molecule has 0 aliphatic heterocycles. The van der Waals surface area contributed by atoms with Crippen molar-refractivity contribution in [2.75, 3.05) is 0 Å². The summed E-state index contributed by atoms with van der Waals surface area (Å²) < 4.78 is 26.3. The van der Waals surface area contributed by atoms with Crippen LogP contribution in [0.25, 0.3) is 0 Å². The Hall–Kier alpha value is -1.81. The topological polar surface area (TPSA) is 33.1 Å². The van der Waals surface area contributed by atoms with E-state index in [1.165, 1.54) is 0 Å². The molecule has 0 aliphatic rings. The van der Waals surface area contributed by atoms with Crippen molar-refractivity contribution in [3.8, 4) is 0 Å². The molecule has 0 radical (unpaired) electrons. The zero-order chi connectivity index (χ0) is 12.3. The minimum atomic E-state index is -0.866. The fourth-order valence-corrected chi connectivity index (χ4v) is 1.61. The largest absolute Gasteiger partial charge is 0.388 e. The number of hydrogen-bond donors (Lipinski definition) is 1. The lowest BCUT2D eigenvalue weighted by molar-refractivity contribution is 0.177. The van der Waals surface area contributed by atoms with Gasteiger partial charge in [0.05, 0.1) is 6.10 Å². The lowest BCUT2D eigenvalue weighted by Crippen LogP contribution is -2.04.